The number of nitrogens with one attached hydrogen (secondary N) is 1. The first-order valence-electron chi connectivity index (χ1n) is 10.6. The molecule has 6 nitrogen and oxygen atoms in total. The molecule has 0 heterocycles. The van der Waals surface area contributed by atoms with Crippen LogP contribution in [0.3, 0.4) is 0 Å². The van der Waals surface area contributed by atoms with E-state index < -0.39 is 33.7 Å². The third-order valence-electron chi connectivity index (χ3n) is 5.27. The van der Waals surface area contributed by atoms with Crippen LogP contribution in [0.25, 0.3) is 0 Å². The highest BCUT2D eigenvalue weighted by atomic mass is 32.2. The SMILES string of the molecule is COC(=O)[C@@H](NC(=O)C[C@@H](Cc1ccccc1)CS(=O)(=O)c1ccccc1)c1ccccc1. The van der Waals surface area contributed by atoms with E-state index >= 15 is 0 Å². The van der Waals surface area contributed by atoms with Gasteiger partial charge in [-0.25, -0.2) is 13.2 Å². The molecule has 1 amide bonds. The summed E-state index contributed by atoms with van der Waals surface area (Å²) in [6, 6.07) is 25.5. The van der Waals surface area contributed by atoms with Crippen molar-refractivity contribution in [3.63, 3.8) is 0 Å². The molecule has 0 aliphatic heterocycles. The number of ether oxygens (including phenoxy) is 1. The highest BCUT2D eigenvalue weighted by molar-refractivity contribution is 7.91. The van der Waals surface area contributed by atoms with E-state index in [9.17, 15) is 18.0 Å². The first-order chi connectivity index (χ1) is 15.9. The molecular weight excluding hydrogens is 438 g/mol. The van der Waals surface area contributed by atoms with Gasteiger partial charge in [-0.05, 0) is 35.6 Å². The first kappa shape index (κ1) is 24.2. The quantitative estimate of drug-likeness (QED) is 0.461. The number of amides is 1. The van der Waals surface area contributed by atoms with Crippen molar-refractivity contribution in [1.29, 1.82) is 0 Å². The molecule has 172 valence electrons. The summed E-state index contributed by atoms with van der Waals surface area (Å²) in [6.07, 6.45) is 0.357. The van der Waals surface area contributed by atoms with Crippen LogP contribution in [0.4, 0.5) is 0 Å². The molecular formula is C26H27NO5S. The topological polar surface area (TPSA) is 89.5 Å². The van der Waals surface area contributed by atoms with Crippen LogP contribution in [0.2, 0.25) is 0 Å². The van der Waals surface area contributed by atoms with Gasteiger partial charge in [-0.3, -0.25) is 4.79 Å². The van der Waals surface area contributed by atoms with Gasteiger partial charge in [-0.15, -0.1) is 0 Å². The minimum atomic E-state index is -3.60. The molecule has 3 aromatic carbocycles. The molecule has 0 fully saturated rings. The third-order valence-corrected chi connectivity index (χ3v) is 7.17. The fourth-order valence-corrected chi connectivity index (χ4v) is 5.32. The van der Waals surface area contributed by atoms with E-state index in [4.69, 9.17) is 4.74 Å². The number of hydrogen-bond donors (Lipinski definition) is 1. The maximum absolute atomic E-state index is 13.0. The molecule has 0 aliphatic rings. The Morgan fingerprint density at radius 1 is 0.848 bits per heavy atom. The van der Waals surface area contributed by atoms with Crippen LogP contribution < -0.4 is 5.32 Å². The van der Waals surface area contributed by atoms with Gasteiger partial charge < -0.3 is 10.1 Å². The van der Waals surface area contributed by atoms with Crippen molar-refractivity contribution in [1.82, 2.24) is 5.32 Å². The van der Waals surface area contributed by atoms with Crippen LogP contribution in [-0.4, -0.2) is 33.2 Å². The molecule has 0 aliphatic carbocycles. The van der Waals surface area contributed by atoms with Crippen molar-refractivity contribution in [3.8, 4) is 0 Å². The van der Waals surface area contributed by atoms with Crippen molar-refractivity contribution < 1.29 is 22.7 Å². The van der Waals surface area contributed by atoms with E-state index in [1.165, 1.54) is 7.11 Å². The van der Waals surface area contributed by atoms with E-state index in [0.29, 0.717) is 12.0 Å². The van der Waals surface area contributed by atoms with Crippen LogP contribution >= 0.6 is 0 Å². The molecule has 2 atom stereocenters. The van der Waals surface area contributed by atoms with Gasteiger partial charge in [0.1, 0.15) is 0 Å². The Balaban J connectivity index is 1.79. The highest BCUT2D eigenvalue weighted by Crippen LogP contribution is 2.21. The highest BCUT2D eigenvalue weighted by Gasteiger charge is 2.27. The molecule has 0 saturated carbocycles. The van der Waals surface area contributed by atoms with E-state index in [1.54, 1.807) is 54.6 Å². The van der Waals surface area contributed by atoms with Gasteiger partial charge in [-0.2, -0.15) is 0 Å². The van der Waals surface area contributed by atoms with Crippen molar-refractivity contribution in [2.75, 3.05) is 12.9 Å². The summed E-state index contributed by atoms with van der Waals surface area (Å²) in [7, 11) is -2.34. The Kier molecular flexibility index (Phi) is 8.38. The maximum Gasteiger partial charge on any atom is 0.333 e. The van der Waals surface area contributed by atoms with Gasteiger partial charge in [0.25, 0.3) is 0 Å². The summed E-state index contributed by atoms with van der Waals surface area (Å²) in [5.74, 6) is -1.68. The Hall–Kier alpha value is -3.45. The van der Waals surface area contributed by atoms with Crippen molar-refractivity contribution in [2.45, 2.75) is 23.8 Å². The Morgan fingerprint density at radius 3 is 1.97 bits per heavy atom. The summed E-state index contributed by atoms with van der Waals surface area (Å²) < 4.78 is 30.9. The standard InChI is InChI=1S/C26H27NO5S/c1-32-26(29)25(22-13-7-3-8-14-22)27-24(28)18-21(17-20-11-5-2-6-12-20)19-33(30,31)23-15-9-4-10-16-23/h2-16,21,25H,17-19H2,1H3,(H,27,28)/t21-,25+/m1/s1. The number of esters is 1. The zero-order valence-electron chi connectivity index (χ0n) is 18.4. The van der Waals surface area contributed by atoms with Crippen LogP contribution in [0.1, 0.15) is 23.6 Å². The van der Waals surface area contributed by atoms with E-state index in [0.717, 1.165) is 5.56 Å². The van der Waals surface area contributed by atoms with Crippen LogP contribution in [0.15, 0.2) is 95.9 Å². The average Bonchev–Trinajstić information content (AvgIpc) is 2.83. The van der Waals surface area contributed by atoms with E-state index in [2.05, 4.69) is 5.32 Å². The van der Waals surface area contributed by atoms with E-state index in [1.807, 2.05) is 36.4 Å². The molecule has 0 bridgehead atoms. The molecule has 3 aromatic rings. The molecule has 0 unspecified atom stereocenters. The summed E-state index contributed by atoms with van der Waals surface area (Å²) in [5, 5.41) is 2.72. The van der Waals surface area contributed by atoms with Gasteiger partial charge in [0.05, 0.1) is 17.8 Å². The number of sulfone groups is 1. The zero-order valence-corrected chi connectivity index (χ0v) is 19.2. The molecule has 0 aromatic heterocycles. The fraction of sp³-hybridized carbons (Fsp3) is 0.231. The van der Waals surface area contributed by atoms with Gasteiger partial charge in [0.2, 0.25) is 5.91 Å². The number of benzene rings is 3. The number of carbonyl (C=O) groups is 2. The lowest BCUT2D eigenvalue weighted by Gasteiger charge is -2.20. The van der Waals surface area contributed by atoms with Crippen molar-refractivity contribution in [3.05, 3.63) is 102 Å². The number of methoxy groups -OCH3 is 1. The van der Waals surface area contributed by atoms with E-state index in [-0.39, 0.29) is 17.1 Å². The lowest BCUT2D eigenvalue weighted by molar-refractivity contribution is -0.145. The van der Waals surface area contributed by atoms with Crippen molar-refractivity contribution >= 4 is 21.7 Å². The zero-order chi connectivity index (χ0) is 23.7. The van der Waals surface area contributed by atoms with Crippen molar-refractivity contribution in [2.24, 2.45) is 5.92 Å². The molecule has 3 rings (SSSR count). The number of carbonyl (C=O) groups excluding carboxylic acids is 2. The normalized spacial score (nSPS) is 13.0. The smallest absolute Gasteiger partial charge is 0.333 e. The Bertz CT molecular complexity index is 1150. The largest absolute Gasteiger partial charge is 0.467 e. The number of rotatable bonds is 10. The predicted octanol–water partition coefficient (Wildman–Crippen LogP) is 3.74. The third kappa shape index (κ3) is 7.02. The average molecular weight is 466 g/mol. The minimum absolute atomic E-state index is 0.0543. The monoisotopic (exact) mass is 465 g/mol. The van der Waals surface area contributed by atoms with Gasteiger partial charge in [0.15, 0.2) is 15.9 Å². The summed E-state index contributed by atoms with van der Waals surface area (Å²) in [5.41, 5.74) is 1.53. The first-order valence-corrected chi connectivity index (χ1v) is 12.3. The van der Waals surface area contributed by atoms with Gasteiger partial charge in [-0.1, -0.05) is 78.9 Å². The van der Waals surface area contributed by atoms with Gasteiger partial charge >= 0.3 is 5.97 Å². The Morgan fingerprint density at radius 2 is 1.39 bits per heavy atom. The molecule has 0 radical (unpaired) electrons. The second-order valence-corrected chi connectivity index (χ2v) is 9.82. The van der Waals surface area contributed by atoms with Crippen LogP contribution in [-0.2, 0) is 30.6 Å². The van der Waals surface area contributed by atoms with Crippen LogP contribution in [0, 0.1) is 5.92 Å². The second-order valence-electron chi connectivity index (χ2n) is 7.79. The Labute approximate surface area is 194 Å². The van der Waals surface area contributed by atoms with Gasteiger partial charge in [0, 0.05) is 6.42 Å². The molecule has 0 spiro atoms. The second kappa shape index (κ2) is 11.4. The molecule has 1 N–H and O–H groups in total. The summed E-state index contributed by atoms with van der Waals surface area (Å²) in [6.45, 7) is 0. The predicted molar refractivity (Wildman–Crippen MR) is 126 cm³/mol. The minimum Gasteiger partial charge on any atom is -0.467 e. The molecule has 0 saturated heterocycles. The molecule has 33 heavy (non-hydrogen) atoms. The lowest BCUT2D eigenvalue weighted by Crippen LogP contribution is -2.36. The summed E-state index contributed by atoms with van der Waals surface area (Å²) >= 11 is 0. The van der Waals surface area contributed by atoms with Crippen LogP contribution in [0.5, 0.6) is 0 Å². The molecule has 7 heteroatoms. The number of hydrogen-bond acceptors (Lipinski definition) is 5. The maximum atomic E-state index is 13.0. The fourth-order valence-electron chi connectivity index (χ4n) is 3.70. The lowest BCUT2D eigenvalue weighted by atomic mass is 9.97. The summed E-state index contributed by atoms with van der Waals surface area (Å²) in [4.78, 5) is 25.5.